The van der Waals surface area contributed by atoms with E-state index >= 15 is 0 Å². The van der Waals surface area contributed by atoms with Crippen LogP contribution in [0.1, 0.15) is 39.5 Å². The van der Waals surface area contributed by atoms with Crippen molar-refractivity contribution >= 4 is 0 Å². The lowest BCUT2D eigenvalue weighted by Crippen LogP contribution is -2.24. The molecule has 2 fully saturated rings. The summed E-state index contributed by atoms with van der Waals surface area (Å²) in [6.07, 6.45) is 6.10. The van der Waals surface area contributed by atoms with Crippen molar-refractivity contribution in [3.05, 3.63) is 0 Å². The molecule has 2 rings (SSSR count). The molecule has 0 radical (unpaired) electrons. The molecule has 0 heterocycles. The molecule has 2 saturated carbocycles. The third kappa shape index (κ3) is 2.46. The van der Waals surface area contributed by atoms with Gasteiger partial charge in [-0.15, -0.1) is 0 Å². The maximum atomic E-state index is 3.58. The standard InChI is InChI=1S/C12H23N/c1-9(2)7-13-8-11-6-12(11)10-4-3-5-10/h9-13H,3-8H2,1-2H3. The van der Waals surface area contributed by atoms with Gasteiger partial charge in [-0.25, -0.2) is 0 Å². The minimum atomic E-state index is 0.806. The Morgan fingerprint density at radius 1 is 1.31 bits per heavy atom. The molecular weight excluding hydrogens is 158 g/mol. The largest absolute Gasteiger partial charge is 0.316 e. The van der Waals surface area contributed by atoms with Gasteiger partial charge < -0.3 is 5.32 Å². The van der Waals surface area contributed by atoms with Gasteiger partial charge in [0.15, 0.2) is 0 Å². The van der Waals surface area contributed by atoms with Crippen LogP contribution in [0.2, 0.25) is 0 Å². The Morgan fingerprint density at radius 2 is 2.08 bits per heavy atom. The third-order valence-corrected chi connectivity index (χ3v) is 3.69. The van der Waals surface area contributed by atoms with Crippen molar-refractivity contribution in [3.8, 4) is 0 Å². The van der Waals surface area contributed by atoms with E-state index in [2.05, 4.69) is 19.2 Å². The molecule has 0 aromatic heterocycles. The van der Waals surface area contributed by atoms with Crippen molar-refractivity contribution in [2.75, 3.05) is 13.1 Å². The highest BCUT2D eigenvalue weighted by Gasteiger charge is 2.43. The predicted octanol–water partition coefficient (Wildman–Crippen LogP) is 2.67. The van der Waals surface area contributed by atoms with Gasteiger partial charge in [0.2, 0.25) is 0 Å². The lowest BCUT2D eigenvalue weighted by Gasteiger charge is -2.25. The quantitative estimate of drug-likeness (QED) is 0.687. The van der Waals surface area contributed by atoms with Crippen molar-refractivity contribution in [1.82, 2.24) is 5.32 Å². The predicted molar refractivity (Wildman–Crippen MR) is 56.6 cm³/mol. The fourth-order valence-electron chi connectivity index (χ4n) is 2.51. The molecule has 1 N–H and O–H groups in total. The molecule has 0 aliphatic heterocycles. The van der Waals surface area contributed by atoms with Crippen LogP contribution in [0.4, 0.5) is 0 Å². The molecule has 1 heteroatoms. The van der Waals surface area contributed by atoms with Gasteiger partial charge in [0.25, 0.3) is 0 Å². The summed E-state index contributed by atoms with van der Waals surface area (Å²) in [6.45, 7) is 7.06. The molecule has 0 amide bonds. The summed E-state index contributed by atoms with van der Waals surface area (Å²) >= 11 is 0. The lowest BCUT2D eigenvalue weighted by molar-refractivity contribution is 0.264. The van der Waals surface area contributed by atoms with Crippen molar-refractivity contribution in [1.29, 1.82) is 0 Å². The maximum absolute atomic E-state index is 3.58. The zero-order valence-electron chi connectivity index (χ0n) is 9.05. The second kappa shape index (κ2) is 4.00. The molecule has 2 unspecified atom stereocenters. The molecule has 2 atom stereocenters. The average molecular weight is 181 g/mol. The van der Waals surface area contributed by atoms with E-state index in [1.165, 1.54) is 38.8 Å². The van der Waals surface area contributed by atoms with Crippen LogP contribution < -0.4 is 5.32 Å². The van der Waals surface area contributed by atoms with Gasteiger partial charge in [-0.1, -0.05) is 33.1 Å². The first-order valence-electron chi connectivity index (χ1n) is 5.98. The van der Waals surface area contributed by atoms with Crippen LogP contribution >= 0.6 is 0 Å². The van der Waals surface area contributed by atoms with Crippen molar-refractivity contribution < 1.29 is 0 Å². The molecule has 1 nitrogen and oxygen atoms in total. The Hall–Kier alpha value is -0.0400. The van der Waals surface area contributed by atoms with Crippen molar-refractivity contribution in [2.45, 2.75) is 39.5 Å². The van der Waals surface area contributed by atoms with Crippen LogP contribution in [0.5, 0.6) is 0 Å². The number of hydrogen-bond acceptors (Lipinski definition) is 1. The van der Waals surface area contributed by atoms with Crippen LogP contribution in [0.15, 0.2) is 0 Å². The molecule has 13 heavy (non-hydrogen) atoms. The average Bonchev–Trinajstić information content (AvgIpc) is 2.63. The molecule has 0 spiro atoms. The summed E-state index contributed by atoms with van der Waals surface area (Å²) in [5.74, 6) is 4.10. The summed E-state index contributed by atoms with van der Waals surface area (Å²) in [5.41, 5.74) is 0. The second-order valence-electron chi connectivity index (χ2n) is 5.40. The monoisotopic (exact) mass is 181 g/mol. The first kappa shape index (κ1) is 9.51. The number of hydrogen-bond donors (Lipinski definition) is 1. The van der Waals surface area contributed by atoms with Gasteiger partial charge in [-0.2, -0.15) is 0 Å². The topological polar surface area (TPSA) is 12.0 Å². The molecule has 76 valence electrons. The highest BCUT2D eigenvalue weighted by atomic mass is 14.9. The Labute approximate surface area is 82.3 Å². The van der Waals surface area contributed by atoms with Gasteiger partial charge in [0.05, 0.1) is 0 Å². The zero-order chi connectivity index (χ0) is 9.26. The highest BCUT2D eigenvalue weighted by molar-refractivity contribution is 4.95. The van der Waals surface area contributed by atoms with Crippen molar-refractivity contribution in [3.63, 3.8) is 0 Å². The van der Waals surface area contributed by atoms with E-state index in [1.807, 2.05) is 0 Å². The number of nitrogens with one attached hydrogen (secondary N) is 1. The Bertz CT molecular complexity index is 161. The highest BCUT2D eigenvalue weighted by Crippen LogP contribution is 2.51. The molecular formula is C12H23N. The second-order valence-corrected chi connectivity index (χ2v) is 5.40. The molecule has 2 aliphatic carbocycles. The Morgan fingerprint density at radius 3 is 2.62 bits per heavy atom. The molecule has 0 aromatic carbocycles. The fourth-order valence-corrected chi connectivity index (χ4v) is 2.51. The van der Waals surface area contributed by atoms with Gasteiger partial charge >= 0.3 is 0 Å². The van der Waals surface area contributed by atoms with Gasteiger partial charge in [-0.3, -0.25) is 0 Å². The Balaban J connectivity index is 1.53. The molecule has 0 bridgehead atoms. The summed E-state index contributed by atoms with van der Waals surface area (Å²) in [6, 6.07) is 0. The SMILES string of the molecule is CC(C)CNCC1CC1C1CCC1. The Kier molecular flexibility index (Phi) is 2.92. The summed E-state index contributed by atoms with van der Waals surface area (Å²) < 4.78 is 0. The van der Waals surface area contributed by atoms with Crippen LogP contribution in [0, 0.1) is 23.7 Å². The van der Waals surface area contributed by atoms with Gasteiger partial charge in [0.1, 0.15) is 0 Å². The van der Waals surface area contributed by atoms with Crippen LogP contribution in [0.25, 0.3) is 0 Å². The first-order chi connectivity index (χ1) is 6.27. The van der Waals surface area contributed by atoms with Crippen molar-refractivity contribution in [2.24, 2.45) is 23.7 Å². The summed E-state index contributed by atoms with van der Waals surface area (Å²) in [4.78, 5) is 0. The van der Waals surface area contributed by atoms with Crippen LogP contribution in [-0.4, -0.2) is 13.1 Å². The van der Waals surface area contributed by atoms with Gasteiger partial charge in [0, 0.05) is 0 Å². The first-order valence-corrected chi connectivity index (χ1v) is 5.98. The maximum Gasteiger partial charge on any atom is -0.00175 e. The lowest BCUT2D eigenvalue weighted by atomic mass is 9.81. The summed E-state index contributed by atoms with van der Waals surface area (Å²) in [7, 11) is 0. The third-order valence-electron chi connectivity index (χ3n) is 3.69. The normalized spacial score (nSPS) is 33.5. The van der Waals surface area contributed by atoms with E-state index in [9.17, 15) is 0 Å². The van der Waals surface area contributed by atoms with Crippen LogP contribution in [-0.2, 0) is 0 Å². The smallest absolute Gasteiger partial charge is 0.00175 e. The molecule has 0 aromatic rings. The molecule has 0 saturated heterocycles. The zero-order valence-corrected chi connectivity index (χ0v) is 9.05. The van der Waals surface area contributed by atoms with Gasteiger partial charge in [-0.05, 0) is 43.2 Å². The minimum Gasteiger partial charge on any atom is -0.316 e. The minimum absolute atomic E-state index is 0.806. The van der Waals surface area contributed by atoms with E-state index in [-0.39, 0.29) is 0 Å². The van der Waals surface area contributed by atoms with E-state index < -0.39 is 0 Å². The summed E-state index contributed by atoms with van der Waals surface area (Å²) in [5, 5.41) is 3.58. The molecule has 2 aliphatic rings. The van der Waals surface area contributed by atoms with E-state index in [0.717, 1.165) is 23.7 Å². The fraction of sp³-hybridized carbons (Fsp3) is 1.00. The van der Waals surface area contributed by atoms with Crippen LogP contribution in [0.3, 0.4) is 0 Å². The van der Waals surface area contributed by atoms with E-state index in [1.54, 1.807) is 0 Å². The van der Waals surface area contributed by atoms with E-state index in [0.29, 0.717) is 0 Å². The van der Waals surface area contributed by atoms with E-state index in [4.69, 9.17) is 0 Å². The number of rotatable bonds is 5.